The van der Waals surface area contributed by atoms with Gasteiger partial charge in [-0.25, -0.2) is 4.79 Å². The highest BCUT2D eigenvalue weighted by molar-refractivity contribution is 5.90. The Morgan fingerprint density at radius 3 is 2.73 bits per heavy atom. The minimum absolute atomic E-state index is 0.0252. The Morgan fingerprint density at radius 1 is 1.45 bits per heavy atom. The van der Waals surface area contributed by atoms with Crippen LogP contribution in [0.2, 0.25) is 0 Å². The van der Waals surface area contributed by atoms with Gasteiger partial charge in [-0.1, -0.05) is 19.6 Å². The van der Waals surface area contributed by atoms with Crippen LogP contribution in [0, 0.1) is 11.8 Å². The van der Waals surface area contributed by atoms with Gasteiger partial charge in [-0.05, 0) is 31.3 Å². The molecule has 0 amide bonds. The summed E-state index contributed by atoms with van der Waals surface area (Å²) < 4.78 is 10.7. The zero-order valence-electron chi connectivity index (χ0n) is 13.3. The van der Waals surface area contributed by atoms with E-state index in [4.69, 9.17) is 9.47 Å². The molecule has 1 aliphatic heterocycles. The third-order valence-electron chi connectivity index (χ3n) is 4.33. The van der Waals surface area contributed by atoms with Crippen LogP contribution in [0.4, 0.5) is 0 Å². The summed E-state index contributed by atoms with van der Waals surface area (Å²) in [6.45, 7) is 8.63. The van der Waals surface area contributed by atoms with E-state index in [1.807, 2.05) is 13.0 Å². The average Bonchev–Trinajstić information content (AvgIpc) is 2.56. The second-order valence-corrected chi connectivity index (χ2v) is 6.16. The molecule has 0 N–H and O–H groups in total. The number of carbonyl (C=O) groups is 3. The zero-order chi connectivity index (χ0) is 16.4. The molecule has 0 unspecified atom stereocenters. The quantitative estimate of drug-likeness (QED) is 0.453. The third kappa shape index (κ3) is 3.46. The SMILES string of the molecule is C=C1C(=O)O[C@H]2C[C@H](C)C([C@@H](CC(C)=O)OC(C)=O)=CC[C@@H]12. The molecule has 0 radical (unpaired) electrons. The molecule has 1 aliphatic carbocycles. The van der Waals surface area contributed by atoms with Crippen LogP contribution in [0.5, 0.6) is 0 Å². The van der Waals surface area contributed by atoms with Crippen LogP contribution in [-0.2, 0) is 23.9 Å². The Morgan fingerprint density at radius 2 is 2.14 bits per heavy atom. The van der Waals surface area contributed by atoms with Crippen molar-refractivity contribution >= 4 is 17.7 Å². The maximum Gasteiger partial charge on any atom is 0.334 e. The number of esters is 2. The van der Waals surface area contributed by atoms with Crippen LogP contribution < -0.4 is 0 Å². The first-order chi connectivity index (χ1) is 10.3. The molecule has 0 spiro atoms. The van der Waals surface area contributed by atoms with Crippen LogP contribution in [-0.4, -0.2) is 29.9 Å². The molecule has 0 bridgehead atoms. The Bertz CT molecular complexity index is 529. The maximum absolute atomic E-state index is 11.6. The molecule has 5 nitrogen and oxygen atoms in total. The third-order valence-corrected chi connectivity index (χ3v) is 4.33. The first kappa shape index (κ1) is 16.5. The highest BCUT2D eigenvalue weighted by Gasteiger charge is 2.41. The average molecular weight is 306 g/mol. The lowest BCUT2D eigenvalue weighted by molar-refractivity contribution is -0.145. The number of fused-ring (bicyclic) bond motifs is 1. The lowest BCUT2D eigenvalue weighted by atomic mass is 9.89. The van der Waals surface area contributed by atoms with E-state index in [2.05, 4.69) is 6.58 Å². The van der Waals surface area contributed by atoms with Crippen molar-refractivity contribution in [2.45, 2.75) is 52.2 Å². The number of Topliss-reactive ketones (excluding diaryl/α,β-unsaturated/α-hetero) is 1. The summed E-state index contributed by atoms with van der Waals surface area (Å²) in [4.78, 5) is 34.4. The lowest BCUT2D eigenvalue weighted by Gasteiger charge is -2.24. The van der Waals surface area contributed by atoms with E-state index in [0.29, 0.717) is 18.4 Å². The molecule has 1 heterocycles. The smallest absolute Gasteiger partial charge is 0.334 e. The van der Waals surface area contributed by atoms with Crippen molar-refractivity contribution in [3.05, 3.63) is 23.8 Å². The van der Waals surface area contributed by atoms with E-state index in [0.717, 1.165) is 5.57 Å². The fourth-order valence-corrected chi connectivity index (χ4v) is 3.26. The molecule has 120 valence electrons. The van der Waals surface area contributed by atoms with Gasteiger partial charge in [-0.15, -0.1) is 0 Å². The number of ether oxygens (including phenoxy) is 2. The highest BCUT2D eigenvalue weighted by Crippen LogP contribution is 2.39. The van der Waals surface area contributed by atoms with E-state index in [1.165, 1.54) is 13.8 Å². The molecule has 0 aromatic carbocycles. The molecule has 0 saturated carbocycles. The van der Waals surface area contributed by atoms with Crippen LogP contribution in [0.3, 0.4) is 0 Å². The molecule has 2 aliphatic rings. The van der Waals surface area contributed by atoms with E-state index < -0.39 is 12.1 Å². The van der Waals surface area contributed by atoms with Gasteiger partial charge in [0.15, 0.2) is 0 Å². The van der Waals surface area contributed by atoms with Gasteiger partial charge >= 0.3 is 11.9 Å². The van der Waals surface area contributed by atoms with E-state index in [-0.39, 0.29) is 36.1 Å². The Kier molecular flexibility index (Phi) is 4.84. The van der Waals surface area contributed by atoms with Gasteiger partial charge in [0, 0.05) is 24.8 Å². The minimum atomic E-state index is -0.534. The minimum Gasteiger partial charge on any atom is -0.458 e. The molecule has 5 heteroatoms. The van der Waals surface area contributed by atoms with Gasteiger partial charge in [0.05, 0.1) is 0 Å². The summed E-state index contributed by atoms with van der Waals surface area (Å²) >= 11 is 0. The lowest BCUT2D eigenvalue weighted by Crippen LogP contribution is -2.26. The molecule has 2 rings (SSSR count). The molecule has 0 aromatic rings. The summed E-state index contributed by atoms with van der Waals surface area (Å²) in [5, 5.41) is 0. The van der Waals surface area contributed by atoms with Crippen molar-refractivity contribution < 1.29 is 23.9 Å². The summed E-state index contributed by atoms with van der Waals surface area (Å²) in [6, 6.07) is 0. The summed E-state index contributed by atoms with van der Waals surface area (Å²) in [7, 11) is 0. The first-order valence-corrected chi connectivity index (χ1v) is 7.56. The van der Waals surface area contributed by atoms with Gasteiger partial charge in [0.1, 0.15) is 18.0 Å². The summed E-state index contributed by atoms with van der Waals surface area (Å²) in [5.41, 5.74) is 1.44. The molecule has 0 aromatic heterocycles. The standard InChI is InChI=1S/C17H22O5/c1-9-7-15-14(11(3)17(20)22-15)6-5-13(9)16(8-10(2)18)21-12(4)19/h5,9,14-16H,3,6-8H2,1-2,4H3/t9-,14-,15-,16+/m0/s1. The van der Waals surface area contributed by atoms with Crippen molar-refractivity contribution in [3.63, 3.8) is 0 Å². The van der Waals surface area contributed by atoms with Crippen molar-refractivity contribution in [1.82, 2.24) is 0 Å². The Balaban J connectivity index is 2.23. The van der Waals surface area contributed by atoms with Crippen LogP contribution in [0.15, 0.2) is 23.8 Å². The molecule has 1 saturated heterocycles. The monoisotopic (exact) mass is 306 g/mol. The second kappa shape index (κ2) is 6.46. The number of ketones is 1. The van der Waals surface area contributed by atoms with Gasteiger partial charge in [0.25, 0.3) is 0 Å². The topological polar surface area (TPSA) is 69.7 Å². The van der Waals surface area contributed by atoms with Gasteiger partial charge < -0.3 is 9.47 Å². The van der Waals surface area contributed by atoms with Crippen molar-refractivity contribution in [2.75, 3.05) is 0 Å². The predicted molar refractivity (Wildman–Crippen MR) is 79.8 cm³/mol. The molecule has 22 heavy (non-hydrogen) atoms. The number of hydrogen-bond acceptors (Lipinski definition) is 5. The van der Waals surface area contributed by atoms with Gasteiger partial charge in [-0.2, -0.15) is 0 Å². The molecular formula is C17H22O5. The predicted octanol–water partition coefficient (Wildman–Crippen LogP) is 2.35. The molecular weight excluding hydrogens is 284 g/mol. The molecule has 4 atom stereocenters. The second-order valence-electron chi connectivity index (χ2n) is 6.16. The number of hydrogen-bond donors (Lipinski definition) is 0. The number of allylic oxidation sites excluding steroid dienone is 1. The summed E-state index contributed by atoms with van der Waals surface area (Å²) in [5.74, 6) is -0.710. The van der Waals surface area contributed by atoms with Crippen LogP contribution >= 0.6 is 0 Å². The van der Waals surface area contributed by atoms with Crippen molar-refractivity contribution in [1.29, 1.82) is 0 Å². The Hall–Kier alpha value is -1.91. The van der Waals surface area contributed by atoms with Crippen LogP contribution in [0.1, 0.15) is 40.0 Å². The van der Waals surface area contributed by atoms with E-state index >= 15 is 0 Å². The summed E-state index contributed by atoms with van der Waals surface area (Å²) in [6.07, 6.45) is 2.71. The first-order valence-electron chi connectivity index (χ1n) is 7.56. The largest absolute Gasteiger partial charge is 0.458 e. The van der Waals surface area contributed by atoms with Gasteiger partial charge in [-0.3, -0.25) is 9.59 Å². The fraction of sp³-hybridized carbons (Fsp3) is 0.588. The van der Waals surface area contributed by atoms with Crippen molar-refractivity contribution in [2.24, 2.45) is 11.8 Å². The normalized spacial score (nSPS) is 29.0. The number of carbonyl (C=O) groups excluding carboxylic acids is 3. The fourth-order valence-electron chi connectivity index (χ4n) is 3.26. The Labute approximate surface area is 130 Å². The van der Waals surface area contributed by atoms with E-state index in [1.54, 1.807) is 0 Å². The zero-order valence-corrected chi connectivity index (χ0v) is 13.3. The van der Waals surface area contributed by atoms with Crippen LogP contribution in [0.25, 0.3) is 0 Å². The maximum atomic E-state index is 11.6. The van der Waals surface area contributed by atoms with E-state index in [9.17, 15) is 14.4 Å². The number of rotatable bonds is 4. The van der Waals surface area contributed by atoms with Crippen molar-refractivity contribution in [3.8, 4) is 0 Å². The van der Waals surface area contributed by atoms with Gasteiger partial charge in [0.2, 0.25) is 0 Å². The molecule has 1 fully saturated rings. The highest BCUT2D eigenvalue weighted by atomic mass is 16.6.